The maximum absolute atomic E-state index is 11.6. The fourth-order valence-electron chi connectivity index (χ4n) is 4.35. The lowest BCUT2D eigenvalue weighted by Gasteiger charge is -2.39. The second-order valence-corrected chi connectivity index (χ2v) is 7.62. The summed E-state index contributed by atoms with van der Waals surface area (Å²) in [5.41, 5.74) is 0. The summed E-state index contributed by atoms with van der Waals surface area (Å²) in [5, 5.41) is 2.99. The van der Waals surface area contributed by atoms with E-state index in [9.17, 15) is 4.79 Å². The fourth-order valence-corrected chi connectivity index (χ4v) is 4.35. The van der Waals surface area contributed by atoms with Gasteiger partial charge < -0.3 is 15.1 Å². The standard InChI is InChI=1S/C19H30N6O/c26-18-5-4-16(6-8-20-18)23-12-14-24(15-13-23)17-7-9-21-19(22-17)25-10-2-1-3-11-25/h7,9,16H,1-6,8,10-15H2,(H,20,26). The van der Waals surface area contributed by atoms with Crippen molar-refractivity contribution in [2.45, 2.75) is 44.6 Å². The lowest BCUT2D eigenvalue weighted by atomic mass is 10.1. The monoisotopic (exact) mass is 358 g/mol. The van der Waals surface area contributed by atoms with Crippen LogP contribution in [0.15, 0.2) is 12.3 Å². The summed E-state index contributed by atoms with van der Waals surface area (Å²) in [6.07, 6.45) is 8.42. The number of piperazine rings is 1. The van der Waals surface area contributed by atoms with Crippen molar-refractivity contribution >= 4 is 17.7 Å². The van der Waals surface area contributed by atoms with Crippen molar-refractivity contribution in [3.05, 3.63) is 12.3 Å². The van der Waals surface area contributed by atoms with Crippen molar-refractivity contribution in [2.75, 3.05) is 55.6 Å². The zero-order chi connectivity index (χ0) is 17.8. The Morgan fingerprint density at radius 1 is 0.962 bits per heavy atom. The molecule has 3 aliphatic heterocycles. The Morgan fingerprint density at radius 2 is 1.77 bits per heavy atom. The SMILES string of the molecule is O=C1CCC(N2CCN(c3ccnc(N4CCCCC4)n3)CC2)CCN1. The lowest BCUT2D eigenvalue weighted by molar-refractivity contribution is -0.120. The molecule has 1 amide bonds. The number of anilines is 2. The van der Waals surface area contributed by atoms with E-state index < -0.39 is 0 Å². The second kappa shape index (κ2) is 8.20. The highest BCUT2D eigenvalue weighted by atomic mass is 16.1. The van der Waals surface area contributed by atoms with Gasteiger partial charge in [0.25, 0.3) is 0 Å². The molecule has 1 unspecified atom stereocenters. The summed E-state index contributed by atoms with van der Waals surface area (Å²) in [6.45, 7) is 7.04. The smallest absolute Gasteiger partial charge is 0.227 e. The molecule has 0 aromatic carbocycles. The molecule has 1 aromatic rings. The highest BCUT2D eigenvalue weighted by molar-refractivity contribution is 5.76. The van der Waals surface area contributed by atoms with Crippen molar-refractivity contribution in [3.63, 3.8) is 0 Å². The lowest BCUT2D eigenvalue weighted by Crippen LogP contribution is -2.50. The van der Waals surface area contributed by atoms with Crippen LogP contribution in [0.2, 0.25) is 0 Å². The van der Waals surface area contributed by atoms with Gasteiger partial charge in [0.1, 0.15) is 5.82 Å². The van der Waals surface area contributed by atoms with Gasteiger partial charge in [-0.3, -0.25) is 9.69 Å². The first-order valence-electron chi connectivity index (χ1n) is 10.1. The van der Waals surface area contributed by atoms with Crippen LogP contribution in [-0.4, -0.2) is 72.6 Å². The Kier molecular flexibility index (Phi) is 5.53. The minimum atomic E-state index is 0.206. The second-order valence-electron chi connectivity index (χ2n) is 7.62. The first-order chi connectivity index (χ1) is 12.8. The minimum Gasteiger partial charge on any atom is -0.356 e. The maximum Gasteiger partial charge on any atom is 0.227 e. The first kappa shape index (κ1) is 17.5. The van der Waals surface area contributed by atoms with Gasteiger partial charge in [-0.2, -0.15) is 4.98 Å². The summed E-state index contributed by atoms with van der Waals surface area (Å²) < 4.78 is 0. The van der Waals surface area contributed by atoms with Crippen LogP contribution >= 0.6 is 0 Å². The van der Waals surface area contributed by atoms with E-state index in [1.54, 1.807) is 0 Å². The van der Waals surface area contributed by atoms with Crippen LogP contribution in [0.5, 0.6) is 0 Å². The molecule has 1 atom stereocenters. The number of piperidine rings is 1. The molecule has 1 aromatic heterocycles. The summed E-state index contributed by atoms with van der Waals surface area (Å²) in [5.74, 6) is 2.15. The summed E-state index contributed by atoms with van der Waals surface area (Å²) >= 11 is 0. The molecule has 0 spiro atoms. The van der Waals surface area contributed by atoms with E-state index in [1.165, 1.54) is 19.3 Å². The van der Waals surface area contributed by atoms with Crippen LogP contribution < -0.4 is 15.1 Å². The summed E-state index contributed by atoms with van der Waals surface area (Å²) in [4.78, 5) is 28.2. The van der Waals surface area contributed by atoms with Gasteiger partial charge in [0.15, 0.2) is 0 Å². The van der Waals surface area contributed by atoms with Gasteiger partial charge in [-0.15, -0.1) is 0 Å². The molecule has 0 radical (unpaired) electrons. The van der Waals surface area contributed by atoms with Gasteiger partial charge in [-0.25, -0.2) is 4.98 Å². The molecule has 7 nitrogen and oxygen atoms in total. The van der Waals surface area contributed by atoms with E-state index in [-0.39, 0.29) is 5.91 Å². The summed E-state index contributed by atoms with van der Waals surface area (Å²) in [6, 6.07) is 2.57. The van der Waals surface area contributed by atoms with Crippen molar-refractivity contribution in [1.29, 1.82) is 0 Å². The zero-order valence-corrected chi connectivity index (χ0v) is 15.6. The molecule has 0 saturated carbocycles. The van der Waals surface area contributed by atoms with Gasteiger partial charge in [0, 0.05) is 64.5 Å². The normalized spacial score (nSPS) is 25.7. The topological polar surface area (TPSA) is 64.6 Å². The molecule has 4 rings (SSSR count). The van der Waals surface area contributed by atoms with Crippen molar-refractivity contribution < 1.29 is 4.79 Å². The van der Waals surface area contributed by atoms with E-state index in [2.05, 4.69) is 25.0 Å². The number of nitrogens with one attached hydrogen (secondary N) is 1. The number of amides is 1. The van der Waals surface area contributed by atoms with E-state index in [0.29, 0.717) is 12.5 Å². The third-order valence-electron chi connectivity index (χ3n) is 5.93. The van der Waals surface area contributed by atoms with Crippen molar-refractivity contribution in [1.82, 2.24) is 20.2 Å². The molecule has 3 saturated heterocycles. The fraction of sp³-hybridized carbons (Fsp3) is 0.737. The van der Waals surface area contributed by atoms with Crippen molar-refractivity contribution in [2.24, 2.45) is 0 Å². The minimum absolute atomic E-state index is 0.206. The maximum atomic E-state index is 11.6. The number of carbonyl (C=O) groups is 1. The number of nitrogens with zero attached hydrogens (tertiary/aromatic N) is 5. The number of carbonyl (C=O) groups excluding carboxylic acids is 1. The molecule has 1 N–H and O–H groups in total. The van der Waals surface area contributed by atoms with Crippen LogP contribution in [0.3, 0.4) is 0 Å². The average molecular weight is 358 g/mol. The largest absolute Gasteiger partial charge is 0.356 e. The third kappa shape index (κ3) is 4.09. The predicted molar refractivity (Wildman–Crippen MR) is 103 cm³/mol. The number of aromatic nitrogens is 2. The average Bonchev–Trinajstić information content (AvgIpc) is 2.93. The molecule has 0 bridgehead atoms. The Balaban J connectivity index is 1.35. The predicted octanol–water partition coefficient (Wildman–Crippen LogP) is 1.26. The molecule has 4 heterocycles. The molecule has 7 heteroatoms. The van der Waals surface area contributed by atoms with E-state index in [1.807, 2.05) is 12.3 Å². The highest BCUT2D eigenvalue weighted by Gasteiger charge is 2.26. The van der Waals surface area contributed by atoms with Gasteiger partial charge in [0.05, 0.1) is 0 Å². The van der Waals surface area contributed by atoms with E-state index in [4.69, 9.17) is 4.98 Å². The Bertz CT molecular complexity index is 610. The molecule has 3 fully saturated rings. The van der Waals surface area contributed by atoms with E-state index >= 15 is 0 Å². The van der Waals surface area contributed by atoms with Gasteiger partial charge in [0.2, 0.25) is 11.9 Å². The van der Waals surface area contributed by atoms with Crippen LogP contribution in [0.25, 0.3) is 0 Å². The van der Waals surface area contributed by atoms with Crippen LogP contribution in [0, 0.1) is 0 Å². The Morgan fingerprint density at radius 3 is 2.58 bits per heavy atom. The molecule has 142 valence electrons. The van der Waals surface area contributed by atoms with Gasteiger partial charge in [-0.1, -0.05) is 0 Å². The van der Waals surface area contributed by atoms with Crippen molar-refractivity contribution in [3.8, 4) is 0 Å². The summed E-state index contributed by atoms with van der Waals surface area (Å²) in [7, 11) is 0. The Hall–Kier alpha value is -1.89. The molecule has 26 heavy (non-hydrogen) atoms. The van der Waals surface area contributed by atoms with Crippen LogP contribution in [-0.2, 0) is 4.79 Å². The number of hydrogen-bond acceptors (Lipinski definition) is 6. The number of rotatable bonds is 3. The number of hydrogen-bond donors (Lipinski definition) is 1. The Labute approximate surface area is 155 Å². The van der Waals surface area contributed by atoms with Crippen LogP contribution in [0.1, 0.15) is 38.5 Å². The van der Waals surface area contributed by atoms with Gasteiger partial charge in [-0.05, 0) is 38.2 Å². The van der Waals surface area contributed by atoms with E-state index in [0.717, 1.165) is 70.4 Å². The zero-order valence-electron chi connectivity index (χ0n) is 15.6. The van der Waals surface area contributed by atoms with Gasteiger partial charge >= 0.3 is 0 Å². The van der Waals surface area contributed by atoms with Crippen LogP contribution in [0.4, 0.5) is 11.8 Å². The molecule has 0 aliphatic carbocycles. The quantitative estimate of drug-likeness (QED) is 0.878. The first-order valence-corrected chi connectivity index (χ1v) is 10.1. The third-order valence-corrected chi connectivity index (χ3v) is 5.93. The molecular weight excluding hydrogens is 328 g/mol. The molecular formula is C19H30N6O. The highest BCUT2D eigenvalue weighted by Crippen LogP contribution is 2.22. The molecule has 3 aliphatic rings.